The van der Waals surface area contributed by atoms with Gasteiger partial charge in [0.25, 0.3) is 0 Å². The molecule has 0 unspecified atom stereocenters. The SMILES string of the molecule is COc1cc(C)c2c(oc(=O)c3c(C)cccc32)c1C. The van der Waals surface area contributed by atoms with Crippen molar-refractivity contribution in [2.24, 2.45) is 0 Å². The highest BCUT2D eigenvalue weighted by molar-refractivity contribution is 6.08. The van der Waals surface area contributed by atoms with Crippen molar-refractivity contribution in [3.63, 3.8) is 0 Å². The van der Waals surface area contributed by atoms with Gasteiger partial charge in [-0.15, -0.1) is 0 Å². The van der Waals surface area contributed by atoms with Crippen LogP contribution in [0.25, 0.3) is 21.7 Å². The molecule has 0 aliphatic rings. The highest BCUT2D eigenvalue weighted by atomic mass is 16.5. The highest BCUT2D eigenvalue weighted by Gasteiger charge is 2.15. The molecule has 0 aliphatic heterocycles. The third-order valence-electron chi connectivity index (χ3n) is 3.84. The Morgan fingerprint density at radius 3 is 2.50 bits per heavy atom. The molecule has 102 valence electrons. The van der Waals surface area contributed by atoms with Crippen LogP contribution in [0.5, 0.6) is 5.75 Å². The minimum Gasteiger partial charge on any atom is -0.496 e. The monoisotopic (exact) mass is 268 g/mol. The Morgan fingerprint density at radius 1 is 1.05 bits per heavy atom. The molecule has 2 aromatic carbocycles. The summed E-state index contributed by atoms with van der Waals surface area (Å²) in [5.74, 6) is 0.741. The average Bonchev–Trinajstić information content (AvgIpc) is 2.42. The van der Waals surface area contributed by atoms with Gasteiger partial charge in [0, 0.05) is 16.3 Å². The zero-order valence-corrected chi connectivity index (χ0v) is 12.0. The lowest BCUT2D eigenvalue weighted by molar-refractivity contribution is 0.410. The predicted molar refractivity (Wildman–Crippen MR) is 80.8 cm³/mol. The number of hydrogen-bond acceptors (Lipinski definition) is 3. The lowest BCUT2D eigenvalue weighted by Crippen LogP contribution is -2.04. The molecule has 20 heavy (non-hydrogen) atoms. The van der Waals surface area contributed by atoms with Crippen LogP contribution in [0.4, 0.5) is 0 Å². The number of methoxy groups -OCH3 is 1. The molecular formula is C17H16O3. The average molecular weight is 268 g/mol. The van der Waals surface area contributed by atoms with E-state index < -0.39 is 0 Å². The van der Waals surface area contributed by atoms with Crippen molar-refractivity contribution < 1.29 is 9.15 Å². The van der Waals surface area contributed by atoms with Crippen molar-refractivity contribution in [2.75, 3.05) is 7.11 Å². The van der Waals surface area contributed by atoms with E-state index in [2.05, 4.69) is 0 Å². The molecule has 1 heterocycles. The van der Waals surface area contributed by atoms with E-state index in [1.807, 2.05) is 45.0 Å². The summed E-state index contributed by atoms with van der Waals surface area (Å²) in [4.78, 5) is 12.3. The Morgan fingerprint density at radius 2 is 1.80 bits per heavy atom. The maximum Gasteiger partial charge on any atom is 0.344 e. The molecule has 0 fully saturated rings. The van der Waals surface area contributed by atoms with Crippen molar-refractivity contribution in [3.05, 3.63) is 51.4 Å². The first-order valence-electron chi connectivity index (χ1n) is 6.55. The van der Waals surface area contributed by atoms with Gasteiger partial charge in [0.05, 0.1) is 12.5 Å². The molecule has 0 spiro atoms. The quantitative estimate of drug-likeness (QED) is 0.496. The van der Waals surface area contributed by atoms with Gasteiger partial charge >= 0.3 is 5.63 Å². The molecule has 0 atom stereocenters. The molecule has 1 aromatic heterocycles. The fourth-order valence-corrected chi connectivity index (χ4v) is 2.82. The Labute approximate surface area is 116 Å². The van der Waals surface area contributed by atoms with Crippen LogP contribution in [0.3, 0.4) is 0 Å². The van der Waals surface area contributed by atoms with Crippen LogP contribution in [-0.2, 0) is 0 Å². The van der Waals surface area contributed by atoms with E-state index in [0.29, 0.717) is 11.0 Å². The van der Waals surface area contributed by atoms with Crippen LogP contribution in [0, 0.1) is 20.8 Å². The summed E-state index contributed by atoms with van der Waals surface area (Å²) in [5, 5.41) is 2.59. The van der Waals surface area contributed by atoms with E-state index >= 15 is 0 Å². The van der Waals surface area contributed by atoms with Gasteiger partial charge < -0.3 is 9.15 Å². The third kappa shape index (κ3) is 1.63. The lowest BCUT2D eigenvalue weighted by atomic mass is 9.98. The van der Waals surface area contributed by atoms with Gasteiger partial charge in [-0.1, -0.05) is 18.2 Å². The third-order valence-corrected chi connectivity index (χ3v) is 3.84. The zero-order valence-electron chi connectivity index (χ0n) is 12.0. The molecule has 0 saturated carbocycles. The van der Waals surface area contributed by atoms with Crippen molar-refractivity contribution in [1.29, 1.82) is 0 Å². The summed E-state index contributed by atoms with van der Waals surface area (Å²) in [5.41, 5.74) is 3.16. The highest BCUT2D eigenvalue weighted by Crippen LogP contribution is 2.34. The van der Waals surface area contributed by atoms with Crippen LogP contribution in [0.1, 0.15) is 16.7 Å². The Bertz CT molecular complexity index is 888. The van der Waals surface area contributed by atoms with Gasteiger partial charge in [-0.25, -0.2) is 4.79 Å². The Balaban J connectivity index is 2.66. The summed E-state index contributed by atoms with van der Waals surface area (Å²) in [6.07, 6.45) is 0. The molecule has 0 aliphatic carbocycles. The Kier molecular flexibility index (Phi) is 2.78. The minimum absolute atomic E-state index is 0.290. The van der Waals surface area contributed by atoms with Crippen molar-refractivity contribution in [3.8, 4) is 5.75 Å². The number of hydrogen-bond donors (Lipinski definition) is 0. The predicted octanol–water partition coefficient (Wildman–Crippen LogP) is 3.88. The first-order valence-corrected chi connectivity index (χ1v) is 6.55. The molecule has 3 heteroatoms. The number of aryl methyl sites for hydroxylation is 3. The fraction of sp³-hybridized carbons (Fsp3) is 0.235. The van der Waals surface area contributed by atoms with Crippen molar-refractivity contribution >= 4 is 21.7 Å². The van der Waals surface area contributed by atoms with Gasteiger partial charge in [0.2, 0.25) is 0 Å². The zero-order chi connectivity index (χ0) is 14.4. The smallest absolute Gasteiger partial charge is 0.344 e. The van der Waals surface area contributed by atoms with E-state index in [4.69, 9.17) is 9.15 Å². The topological polar surface area (TPSA) is 39.4 Å². The number of rotatable bonds is 1. The summed E-state index contributed by atoms with van der Waals surface area (Å²) in [7, 11) is 1.62. The molecule has 0 bridgehead atoms. The van der Waals surface area contributed by atoms with Gasteiger partial charge in [0.15, 0.2) is 0 Å². The van der Waals surface area contributed by atoms with Gasteiger partial charge in [-0.3, -0.25) is 0 Å². The molecule has 0 N–H and O–H groups in total. The molecule has 3 nitrogen and oxygen atoms in total. The van der Waals surface area contributed by atoms with Crippen LogP contribution < -0.4 is 10.4 Å². The van der Waals surface area contributed by atoms with E-state index in [0.717, 1.165) is 33.2 Å². The van der Waals surface area contributed by atoms with Crippen molar-refractivity contribution in [2.45, 2.75) is 20.8 Å². The minimum atomic E-state index is -0.290. The van der Waals surface area contributed by atoms with Crippen LogP contribution >= 0.6 is 0 Å². The lowest BCUT2D eigenvalue weighted by Gasteiger charge is -2.12. The van der Waals surface area contributed by atoms with Crippen LogP contribution in [0.15, 0.2) is 33.5 Å². The number of ether oxygens (including phenoxy) is 1. The van der Waals surface area contributed by atoms with Gasteiger partial charge in [-0.2, -0.15) is 0 Å². The molecule has 3 rings (SSSR count). The fourth-order valence-electron chi connectivity index (χ4n) is 2.82. The van der Waals surface area contributed by atoms with Crippen LogP contribution in [0.2, 0.25) is 0 Å². The first-order chi connectivity index (χ1) is 9.54. The summed E-state index contributed by atoms with van der Waals surface area (Å²) >= 11 is 0. The molecular weight excluding hydrogens is 252 g/mol. The van der Waals surface area contributed by atoms with E-state index in [1.165, 1.54) is 0 Å². The van der Waals surface area contributed by atoms with Crippen LogP contribution in [-0.4, -0.2) is 7.11 Å². The number of fused-ring (bicyclic) bond motifs is 3. The molecule has 0 amide bonds. The van der Waals surface area contributed by atoms with Gasteiger partial charge in [-0.05, 0) is 38.0 Å². The summed E-state index contributed by atoms with van der Waals surface area (Å²) in [6.45, 7) is 5.84. The largest absolute Gasteiger partial charge is 0.496 e. The summed E-state index contributed by atoms with van der Waals surface area (Å²) < 4.78 is 10.9. The van der Waals surface area contributed by atoms with E-state index in [9.17, 15) is 4.79 Å². The van der Waals surface area contributed by atoms with Gasteiger partial charge in [0.1, 0.15) is 11.3 Å². The maximum atomic E-state index is 12.3. The first kappa shape index (κ1) is 12.7. The number of benzene rings is 2. The Hall–Kier alpha value is -2.29. The second-order valence-corrected chi connectivity index (χ2v) is 5.11. The molecule has 3 aromatic rings. The summed E-state index contributed by atoms with van der Waals surface area (Å²) in [6, 6.07) is 7.85. The van der Waals surface area contributed by atoms with E-state index in [-0.39, 0.29) is 5.63 Å². The van der Waals surface area contributed by atoms with Crippen molar-refractivity contribution in [1.82, 2.24) is 0 Å². The molecule has 0 saturated heterocycles. The second-order valence-electron chi connectivity index (χ2n) is 5.11. The van der Waals surface area contributed by atoms with E-state index in [1.54, 1.807) is 7.11 Å². The molecule has 0 radical (unpaired) electrons. The normalized spacial score (nSPS) is 11.2. The maximum absolute atomic E-state index is 12.3. The second kappa shape index (κ2) is 4.37. The standard InChI is InChI=1S/C17H16O3/c1-9-6-5-7-12-14-10(2)8-13(19-4)11(3)16(14)20-17(18)15(9)12/h5-8H,1-4H3.